The van der Waals surface area contributed by atoms with Crippen molar-refractivity contribution in [3.8, 4) is 5.75 Å². The molecule has 0 radical (unpaired) electrons. The maximum atomic E-state index is 11.4. The zero-order chi connectivity index (χ0) is 14.6. The number of carboxylic acids is 1. The monoisotopic (exact) mass is 344 g/mol. The van der Waals surface area contributed by atoms with Gasteiger partial charge in [-0.3, -0.25) is 0 Å². The number of carboxylic acid groups (broad SMARTS) is 1. The lowest BCUT2D eigenvalue weighted by Crippen LogP contribution is -2.05. The van der Waals surface area contributed by atoms with Crippen LogP contribution in [0, 0.1) is 0 Å². The molecule has 0 aromatic heterocycles. The zero-order valence-electron chi connectivity index (χ0n) is 9.14. The summed E-state index contributed by atoms with van der Waals surface area (Å²) in [5.41, 5.74) is 0.827. The van der Waals surface area contributed by atoms with E-state index in [1.807, 2.05) is 0 Å². The number of carbonyl (C=O) groups is 1. The Kier molecular flexibility index (Phi) is 5.49. The molecule has 0 saturated heterocycles. The van der Waals surface area contributed by atoms with E-state index in [0.717, 1.165) is 11.6 Å². The summed E-state index contributed by atoms with van der Waals surface area (Å²) in [6, 6.07) is 3.26. The Morgan fingerprint density at radius 1 is 1.42 bits per heavy atom. The summed E-state index contributed by atoms with van der Waals surface area (Å²) in [7, 11) is 1.06. The summed E-state index contributed by atoms with van der Waals surface area (Å²) in [5.74, 6) is -1.40. The van der Waals surface area contributed by atoms with Gasteiger partial charge in [-0.15, -0.1) is 0 Å². The van der Waals surface area contributed by atoms with Gasteiger partial charge in [0.05, 0.1) is 10.6 Å². The molecule has 104 valence electrons. The number of hydrogen-bond acceptors (Lipinski definition) is 4. The first-order valence-electron chi connectivity index (χ1n) is 4.65. The SMILES string of the molecule is O=C(O)c1ccc(OC/C(Cl)=C/Cl)c(S(=O)(=O)Cl)c1. The van der Waals surface area contributed by atoms with E-state index in [1.165, 1.54) is 12.1 Å². The number of hydrogen-bond donors (Lipinski definition) is 1. The van der Waals surface area contributed by atoms with Gasteiger partial charge in [-0.2, -0.15) is 0 Å². The first-order valence-corrected chi connectivity index (χ1v) is 7.77. The molecule has 0 saturated carbocycles. The summed E-state index contributed by atoms with van der Waals surface area (Å²) in [6.07, 6.45) is 0. The lowest BCUT2D eigenvalue weighted by Gasteiger charge is -2.09. The van der Waals surface area contributed by atoms with Crippen LogP contribution in [0.25, 0.3) is 0 Å². The third kappa shape index (κ3) is 4.58. The molecule has 1 rings (SSSR count). The molecule has 0 heterocycles. The predicted molar refractivity (Wildman–Crippen MR) is 71.7 cm³/mol. The highest BCUT2D eigenvalue weighted by Crippen LogP contribution is 2.28. The first-order chi connectivity index (χ1) is 8.75. The fourth-order valence-corrected chi connectivity index (χ4v) is 2.24. The van der Waals surface area contributed by atoms with Gasteiger partial charge in [0.15, 0.2) is 0 Å². The summed E-state index contributed by atoms with van der Waals surface area (Å²) < 4.78 is 27.8. The molecular formula is C10H7Cl3O5S. The highest BCUT2D eigenvalue weighted by molar-refractivity contribution is 8.13. The number of halogens is 3. The molecule has 0 fully saturated rings. The maximum Gasteiger partial charge on any atom is 0.335 e. The molecule has 0 bridgehead atoms. The van der Waals surface area contributed by atoms with Gasteiger partial charge >= 0.3 is 5.97 Å². The number of rotatable bonds is 5. The summed E-state index contributed by atoms with van der Waals surface area (Å²) in [5, 5.41) is 8.94. The van der Waals surface area contributed by atoms with Crippen molar-refractivity contribution in [2.75, 3.05) is 6.61 Å². The van der Waals surface area contributed by atoms with Gasteiger partial charge in [-0.25, -0.2) is 13.2 Å². The molecule has 0 aliphatic rings. The molecule has 1 aromatic rings. The van der Waals surface area contributed by atoms with Crippen LogP contribution in [0.3, 0.4) is 0 Å². The van der Waals surface area contributed by atoms with Crippen molar-refractivity contribution in [3.63, 3.8) is 0 Å². The number of benzene rings is 1. The second kappa shape index (κ2) is 6.47. The Morgan fingerprint density at radius 2 is 2.05 bits per heavy atom. The van der Waals surface area contributed by atoms with Gasteiger partial charge in [-0.05, 0) is 18.2 Å². The highest BCUT2D eigenvalue weighted by Gasteiger charge is 2.19. The minimum atomic E-state index is -4.16. The van der Waals surface area contributed by atoms with E-state index >= 15 is 0 Å². The normalized spacial score (nSPS) is 12.3. The standard InChI is InChI=1S/C10H7Cl3O5S/c11-4-7(12)5-18-8-2-1-6(10(14)15)3-9(8)19(13,16)17/h1-4H,5H2,(H,14,15)/b7-4-. The van der Waals surface area contributed by atoms with E-state index in [2.05, 4.69) is 0 Å². The first kappa shape index (κ1) is 16.1. The molecule has 9 heteroatoms. The van der Waals surface area contributed by atoms with Crippen LogP contribution in [0.15, 0.2) is 33.7 Å². The van der Waals surface area contributed by atoms with Crippen LogP contribution < -0.4 is 4.74 Å². The molecule has 19 heavy (non-hydrogen) atoms. The Hall–Kier alpha value is -0.950. The number of aromatic carboxylic acids is 1. The third-order valence-electron chi connectivity index (χ3n) is 1.94. The lowest BCUT2D eigenvalue weighted by molar-refractivity contribution is 0.0696. The number of ether oxygens (including phenoxy) is 1. The summed E-state index contributed by atoms with van der Waals surface area (Å²) in [4.78, 5) is 10.3. The van der Waals surface area contributed by atoms with Gasteiger partial charge < -0.3 is 9.84 Å². The van der Waals surface area contributed by atoms with Crippen molar-refractivity contribution >= 4 is 48.9 Å². The Balaban J connectivity index is 3.21. The Bertz CT molecular complexity index is 624. The third-order valence-corrected chi connectivity index (χ3v) is 3.87. The molecule has 0 atom stereocenters. The minimum Gasteiger partial charge on any atom is -0.487 e. The van der Waals surface area contributed by atoms with E-state index in [1.54, 1.807) is 0 Å². The van der Waals surface area contributed by atoms with E-state index < -0.39 is 19.9 Å². The zero-order valence-corrected chi connectivity index (χ0v) is 12.2. The molecule has 0 spiro atoms. The van der Waals surface area contributed by atoms with Crippen LogP contribution in [0.2, 0.25) is 0 Å². The molecule has 1 N–H and O–H groups in total. The summed E-state index contributed by atoms with van der Waals surface area (Å²) in [6.45, 7) is -0.170. The molecule has 0 unspecified atom stereocenters. The molecule has 5 nitrogen and oxygen atoms in total. The van der Waals surface area contributed by atoms with Gasteiger partial charge in [-0.1, -0.05) is 23.2 Å². The average Bonchev–Trinajstić information content (AvgIpc) is 2.34. The van der Waals surface area contributed by atoms with E-state index in [0.29, 0.717) is 0 Å². The second-order valence-corrected chi connectivity index (χ2v) is 6.49. The molecule has 0 aliphatic carbocycles. The minimum absolute atomic E-state index is 0.114. The Labute approximate surface area is 123 Å². The smallest absolute Gasteiger partial charge is 0.335 e. The Morgan fingerprint density at radius 3 is 2.53 bits per heavy atom. The van der Waals surface area contributed by atoms with Gasteiger partial charge in [0.25, 0.3) is 9.05 Å². The van der Waals surface area contributed by atoms with E-state index in [4.69, 9.17) is 43.7 Å². The van der Waals surface area contributed by atoms with Crippen molar-refractivity contribution in [3.05, 3.63) is 34.3 Å². The van der Waals surface area contributed by atoms with Crippen LogP contribution in [0.5, 0.6) is 5.75 Å². The van der Waals surface area contributed by atoms with Crippen molar-refractivity contribution in [1.29, 1.82) is 0 Å². The lowest BCUT2D eigenvalue weighted by atomic mass is 10.2. The van der Waals surface area contributed by atoms with Crippen molar-refractivity contribution in [2.45, 2.75) is 4.90 Å². The van der Waals surface area contributed by atoms with Gasteiger partial charge in [0, 0.05) is 16.2 Å². The maximum absolute atomic E-state index is 11.4. The largest absolute Gasteiger partial charge is 0.487 e. The second-order valence-electron chi connectivity index (χ2n) is 3.25. The predicted octanol–water partition coefficient (Wildman–Crippen LogP) is 3.01. The van der Waals surface area contributed by atoms with E-state index in [9.17, 15) is 13.2 Å². The van der Waals surface area contributed by atoms with Crippen LogP contribution in [0.4, 0.5) is 0 Å². The molecule has 1 aromatic carbocycles. The van der Waals surface area contributed by atoms with E-state index in [-0.39, 0.29) is 23.0 Å². The van der Waals surface area contributed by atoms with Crippen LogP contribution in [-0.2, 0) is 9.05 Å². The fraction of sp³-hybridized carbons (Fsp3) is 0.100. The topological polar surface area (TPSA) is 80.7 Å². The molecular weight excluding hydrogens is 339 g/mol. The van der Waals surface area contributed by atoms with Crippen molar-refractivity contribution in [1.82, 2.24) is 0 Å². The molecule has 0 amide bonds. The fourth-order valence-electron chi connectivity index (χ4n) is 1.13. The summed E-state index contributed by atoms with van der Waals surface area (Å²) >= 11 is 10.9. The van der Waals surface area contributed by atoms with Crippen LogP contribution >= 0.6 is 33.9 Å². The van der Waals surface area contributed by atoms with Crippen LogP contribution in [-0.4, -0.2) is 26.1 Å². The van der Waals surface area contributed by atoms with Gasteiger partial charge in [0.1, 0.15) is 17.3 Å². The molecule has 0 aliphatic heterocycles. The van der Waals surface area contributed by atoms with Gasteiger partial charge in [0.2, 0.25) is 0 Å². The van der Waals surface area contributed by atoms with Crippen molar-refractivity contribution in [2.24, 2.45) is 0 Å². The van der Waals surface area contributed by atoms with Crippen LogP contribution in [0.1, 0.15) is 10.4 Å². The van der Waals surface area contributed by atoms with Crippen molar-refractivity contribution < 1.29 is 23.1 Å². The quantitative estimate of drug-likeness (QED) is 0.830. The average molecular weight is 346 g/mol. The highest BCUT2D eigenvalue weighted by atomic mass is 35.7.